The zero-order chi connectivity index (χ0) is 15.6. The fraction of sp³-hybridized carbons (Fsp3) is 0.278. The molecule has 0 saturated heterocycles. The van der Waals surface area contributed by atoms with Gasteiger partial charge in [-0.3, -0.25) is 0 Å². The van der Waals surface area contributed by atoms with Crippen LogP contribution < -0.4 is 0 Å². The van der Waals surface area contributed by atoms with Gasteiger partial charge in [-0.25, -0.2) is 9.78 Å². The Balaban J connectivity index is 1.83. The maximum absolute atomic E-state index is 12.4. The highest BCUT2D eigenvalue weighted by Gasteiger charge is 2.45. The minimum atomic E-state index is -0.510. The predicted octanol–water partition coefficient (Wildman–Crippen LogP) is 3.52. The molecule has 0 bridgehead atoms. The molecule has 4 nitrogen and oxygen atoms in total. The molecule has 0 aliphatic heterocycles. The first-order valence-corrected chi connectivity index (χ1v) is 7.32. The number of hydrogen-bond donors (Lipinski definition) is 0. The molecule has 22 heavy (non-hydrogen) atoms. The molecule has 4 heteroatoms. The number of esters is 1. The summed E-state index contributed by atoms with van der Waals surface area (Å²) in [6.45, 7) is 5.58. The third kappa shape index (κ3) is 2.74. The molecule has 1 atom stereocenters. The third-order valence-corrected chi connectivity index (χ3v) is 3.98. The highest BCUT2D eigenvalue weighted by atomic mass is 16.6. The fourth-order valence-corrected chi connectivity index (χ4v) is 2.49. The van der Waals surface area contributed by atoms with E-state index >= 15 is 0 Å². The Bertz CT molecular complexity index is 723. The van der Waals surface area contributed by atoms with Crippen molar-refractivity contribution in [3.8, 4) is 0 Å². The number of rotatable bonds is 5. The van der Waals surface area contributed by atoms with E-state index < -0.39 is 5.60 Å². The number of benzene rings is 1. The quantitative estimate of drug-likeness (QED) is 0.626. The number of carbonyl (C=O) groups is 1. The smallest absolute Gasteiger partial charge is 0.357 e. The molecule has 1 heterocycles. The zero-order valence-electron chi connectivity index (χ0n) is 12.5. The molecule has 1 aromatic carbocycles. The van der Waals surface area contributed by atoms with Crippen LogP contribution in [-0.2, 0) is 4.74 Å². The summed E-state index contributed by atoms with van der Waals surface area (Å²) in [7, 11) is 0. The molecular formula is C18H18N2O2. The zero-order valence-corrected chi connectivity index (χ0v) is 12.5. The molecule has 0 unspecified atom stereocenters. The van der Waals surface area contributed by atoms with Crippen molar-refractivity contribution >= 4 is 5.97 Å². The topological polar surface area (TPSA) is 44.1 Å². The van der Waals surface area contributed by atoms with E-state index in [1.165, 1.54) is 0 Å². The van der Waals surface area contributed by atoms with Crippen molar-refractivity contribution in [3.63, 3.8) is 0 Å². The number of hydrogen-bond acceptors (Lipinski definition) is 3. The Hall–Kier alpha value is -2.58. The summed E-state index contributed by atoms with van der Waals surface area (Å²) in [4.78, 5) is 16.6. The van der Waals surface area contributed by atoms with E-state index in [-0.39, 0.29) is 12.0 Å². The molecule has 3 rings (SSSR count). The molecule has 1 saturated carbocycles. The largest absolute Gasteiger partial charge is 0.449 e. The molecule has 1 fully saturated rings. The predicted molar refractivity (Wildman–Crippen MR) is 83.6 cm³/mol. The van der Waals surface area contributed by atoms with E-state index in [9.17, 15) is 4.79 Å². The van der Waals surface area contributed by atoms with Crippen LogP contribution in [0.1, 0.15) is 41.9 Å². The first-order valence-electron chi connectivity index (χ1n) is 7.32. The van der Waals surface area contributed by atoms with Gasteiger partial charge in [-0.2, -0.15) is 0 Å². The number of aromatic nitrogens is 2. The third-order valence-electron chi connectivity index (χ3n) is 3.98. The SMILES string of the molecule is C=C=CC1(OC(=O)c2cncn2[C@H](C)c2ccccc2)CC1. The Morgan fingerprint density at radius 3 is 2.82 bits per heavy atom. The van der Waals surface area contributed by atoms with Gasteiger partial charge in [-0.05, 0) is 25.3 Å². The van der Waals surface area contributed by atoms with Crippen LogP contribution in [0.5, 0.6) is 0 Å². The molecule has 2 aromatic rings. The van der Waals surface area contributed by atoms with E-state index in [1.807, 2.05) is 41.8 Å². The lowest BCUT2D eigenvalue weighted by atomic mass is 10.1. The van der Waals surface area contributed by atoms with E-state index in [1.54, 1.807) is 18.6 Å². The van der Waals surface area contributed by atoms with E-state index in [0.29, 0.717) is 5.69 Å². The van der Waals surface area contributed by atoms with Crippen molar-refractivity contribution < 1.29 is 9.53 Å². The molecule has 112 valence electrons. The lowest BCUT2D eigenvalue weighted by molar-refractivity contribution is 0.0328. The van der Waals surface area contributed by atoms with Gasteiger partial charge < -0.3 is 9.30 Å². The summed E-state index contributed by atoms with van der Waals surface area (Å²) in [5.74, 6) is -0.357. The molecule has 0 spiro atoms. The second-order valence-corrected chi connectivity index (χ2v) is 5.58. The average Bonchev–Trinajstić information content (AvgIpc) is 3.11. The summed E-state index contributed by atoms with van der Waals surface area (Å²) in [5.41, 5.74) is 3.77. The van der Waals surface area contributed by atoms with Gasteiger partial charge in [0, 0.05) is 6.08 Å². The number of imidazole rings is 1. The highest BCUT2D eigenvalue weighted by molar-refractivity contribution is 5.88. The van der Waals surface area contributed by atoms with Crippen molar-refractivity contribution in [3.05, 3.63) is 72.5 Å². The molecule has 1 aliphatic rings. The van der Waals surface area contributed by atoms with E-state index in [0.717, 1.165) is 18.4 Å². The summed E-state index contributed by atoms with van der Waals surface area (Å²) in [6.07, 6.45) is 6.59. The normalized spacial score (nSPS) is 16.4. The standard InChI is InChI=1S/C18H18N2O2/c1-3-9-18(10-11-18)22-17(21)16-12-19-13-20(16)14(2)15-7-5-4-6-8-15/h4-9,12-14H,1,10-11H2,2H3/t14-/m1/s1. The lowest BCUT2D eigenvalue weighted by Gasteiger charge is -2.18. The van der Waals surface area contributed by atoms with Crippen LogP contribution in [0.15, 0.2) is 61.2 Å². The molecular weight excluding hydrogens is 276 g/mol. The van der Waals surface area contributed by atoms with E-state index in [2.05, 4.69) is 17.3 Å². The Kier molecular flexibility index (Phi) is 3.70. The van der Waals surface area contributed by atoms with Gasteiger partial charge in [0.05, 0.1) is 18.6 Å². The fourth-order valence-electron chi connectivity index (χ4n) is 2.49. The number of carbonyl (C=O) groups excluding carboxylic acids is 1. The van der Waals surface area contributed by atoms with Gasteiger partial charge >= 0.3 is 5.97 Å². The Labute approximate surface area is 129 Å². The summed E-state index contributed by atoms with van der Waals surface area (Å²) in [6, 6.07) is 10.0. The van der Waals surface area contributed by atoms with Gasteiger partial charge in [0.25, 0.3) is 0 Å². The first-order chi connectivity index (χ1) is 10.7. The molecule has 0 N–H and O–H groups in total. The van der Waals surface area contributed by atoms with Crippen molar-refractivity contribution in [2.45, 2.75) is 31.4 Å². The summed E-state index contributed by atoms with van der Waals surface area (Å²) in [5, 5.41) is 0. The van der Waals surface area contributed by atoms with Crippen LogP contribution in [0.3, 0.4) is 0 Å². The van der Waals surface area contributed by atoms with Crippen LogP contribution in [0.25, 0.3) is 0 Å². The van der Waals surface area contributed by atoms with Crippen molar-refractivity contribution in [2.75, 3.05) is 0 Å². The van der Waals surface area contributed by atoms with Crippen LogP contribution >= 0.6 is 0 Å². The second kappa shape index (κ2) is 5.66. The monoisotopic (exact) mass is 294 g/mol. The van der Waals surface area contributed by atoms with Crippen LogP contribution in [0.2, 0.25) is 0 Å². The van der Waals surface area contributed by atoms with Crippen molar-refractivity contribution in [1.82, 2.24) is 9.55 Å². The second-order valence-electron chi connectivity index (χ2n) is 5.58. The maximum Gasteiger partial charge on any atom is 0.357 e. The van der Waals surface area contributed by atoms with Gasteiger partial charge in [0.1, 0.15) is 11.3 Å². The van der Waals surface area contributed by atoms with Crippen molar-refractivity contribution in [2.24, 2.45) is 0 Å². The van der Waals surface area contributed by atoms with Crippen LogP contribution in [0.4, 0.5) is 0 Å². The highest BCUT2D eigenvalue weighted by Crippen LogP contribution is 2.41. The van der Waals surface area contributed by atoms with E-state index in [4.69, 9.17) is 4.74 Å². The molecule has 1 aromatic heterocycles. The van der Waals surface area contributed by atoms with Crippen LogP contribution in [-0.4, -0.2) is 21.1 Å². The van der Waals surface area contributed by atoms with Gasteiger partial charge in [0.2, 0.25) is 0 Å². The number of ether oxygens (including phenoxy) is 1. The molecule has 1 aliphatic carbocycles. The minimum absolute atomic E-state index is 0.0105. The number of nitrogens with zero attached hydrogens (tertiary/aromatic N) is 2. The average molecular weight is 294 g/mol. The van der Waals surface area contributed by atoms with Gasteiger partial charge in [0.15, 0.2) is 0 Å². The summed E-state index contributed by atoms with van der Waals surface area (Å²) < 4.78 is 7.44. The van der Waals surface area contributed by atoms with Crippen molar-refractivity contribution in [1.29, 1.82) is 0 Å². The Morgan fingerprint density at radius 1 is 1.45 bits per heavy atom. The maximum atomic E-state index is 12.4. The van der Waals surface area contributed by atoms with Gasteiger partial charge in [-0.15, -0.1) is 5.73 Å². The molecule has 0 radical (unpaired) electrons. The van der Waals surface area contributed by atoms with Crippen LogP contribution in [0, 0.1) is 0 Å². The first kappa shape index (κ1) is 14.4. The van der Waals surface area contributed by atoms with Gasteiger partial charge in [-0.1, -0.05) is 36.9 Å². The Morgan fingerprint density at radius 2 is 2.18 bits per heavy atom. The molecule has 0 amide bonds. The minimum Gasteiger partial charge on any atom is -0.449 e. The lowest BCUT2D eigenvalue weighted by Crippen LogP contribution is -2.21. The summed E-state index contributed by atoms with van der Waals surface area (Å²) >= 11 is 0.